The summed E-state index contributed by atoms with van der Waals surface area (Å²) < 4.78 is 11.3. The van der Waals surface area contributed by atoms with Crippen LogP contribution in [0.4, 0.5) is 5.69 Å². The largest absolute Gasteiger partial charge is 0.489 e. The third kappa shape index (κ3) is 4.46. The number of hydrogen-bond acceptors (Lipinski definition) is 4. The Labute approximate surface area is 154 Å². The number of piperidine rings is 1. The summed E-state index contributed by atoms with van der Waals surface area (Å²) >= 11 is 6.36. The third-order valence-corrected chi connectivity index (χ3v) is 5.54. The fraction of sp³-hybridized carbons (Fsp3) is 0.632. The molecule has 1 saturated heterocycles. The summed E-state index contributed by atoms with van der Waals surface area (Å²) in [4.78, 5) is 12.9. The van der Waals surface area contributed by atoms with Crippen molar-refractivity contribution >= 4 is 23.2 Å². The first-order valence-electron chi connectivity index (χ1n) is 9.10. The summed E-state index contributed by atoms with van der Waals surface area (Å²) in [7, 11) is 1.64. The zero-order valence-electron chi connectivity index (χ0n) is 14.8. The van der Waals surface area contributed by atoms with Crippen LogP contribution < -0.4 is 15.4 Å². The van der Waals surface area contributed by atoms with Gasteiger partial charge in [0.2, 0.25) is 5.91 Å². The van der Waals surface area contributed by atoms with Crippen molar-refractivity contribution in [2.24, 2.45) is 5.41 Å². The number of rotatable bonds is 6. The Morgan fingerprint density at radius 3 is 2.68 bits per heavy atom. The molecule has 1 aromatic rings. The Hall–Kier alpha value is -1.30. The summed E-state index contributed by atoms with van der Waals surface area (Å²) in [6, 6.07) is 5.47. The second-order valence-corrected chi connectivity index (χ2v) is 7.49. The molecule has 0 unspecified atom stereocenters. The standard InChI is InChI=1S/C19H27ClN2O3/c1-24-13-19(8-10-21-11-9-19)18(23)22-14-6-7-17(16(20)12-14)25-15-4-2-3-5-15/h6-7,12,15,21H,2-5,8-11,13H2,1H3,(H,22,23). The van der Waals surface area contributed by atoms with E-state index in [2.05, 4.69) is 10.6 Å². The predicted molar refractivity (Wildman–Crippen MR) is 99.4 cm³/mol. The van der Waals surface area contributed by atoms with Gasteiger partial charge in [-0.05, 0) is 69.8 Å². The lowest BCUT2D eigenvalue weighted by Gasteiger charge is -2.35. The molecule has 1 amide bonds. The topological polar surface area (TPSA) is 59.6 Å². The van der Waals surface area contributed by atoms with E-state index in [0.29, 0.717) is 23.1 Å². The first kappa shape index (κ1) is 18.5. The Balaban J connectivity index is 1.67. The van der Waals surface area contributed by atoms with Crippen molar-refractivity contribution in [3.05, 3.63) is 23.2 Å². The van der Waals surface area contributed by atoms with Crippen LogP contribution in [0, 0.1) is 5.41 Å². The first-order chi connectivity index (χ1) is 12.1. The number of carbonyl (C=O) groups is 1. The number of nitrogens with one attached hydrogen (secondary N) is 2. The SMILES string of the molecule is COCC1(C(=O)Nc2ccc(OC3CCCC3)c(Cl)c2)CCNCC1. The Bertz CT molecular complexity index is 591. The summed E-state index contributed by atoms with van der Waals surface area (Å²) in [5, 5.41) is 6.84. The van der Waals surface area contributed by atoms with E-state index in [1.807, 2.05) is 12.1 Å². The average molecular weight is 367 g/mol. The summed E-state index contributed by atoms with van der Waals surface area (Å²) in [6.07, 6.45) is 6.40. The van der Waals surface area contributed by atoms with E-state index >= 15 is 0 Å². The molecule has 2 fully saturated rings. The van der Waals surface area contributed by atoms with Crippen LogP contribution in [-0.4, -0.2) is 38.8 Å². The molecule has 6 heteroatoms. The van der Waals surface area contributed by atoms with Crippen LogP contribution in [0.3, 0.4) is 0 Å². The lowest BCUT2D eigenvalue weighted by atomic mass is 9.78. The van der Waals surface area contributed by atoms with Gasteiger partial charge in [-0.2, -0.15) is 0 Å². The fourth-order valence-electron chi connectivity index (χ4n) is 3.74. The number of ether oxygens (including phenoxy) is 2. The zero-order chi connectivity index (χ0) is 17.7. The molecule has 1 aliphatic heterocycles. The van der Waals surface area contributed by atoms with E-state index in [0.717, 1.165) is 38.8 Å². The smallest absolute Gasteiger partial charge is 0.233 e. The molecule has 2 N–H and O–H groups in total. The van der Waals surface area contributed by atoms with Gasteiger partial charge in [-0.1, -0.05) is 11.6 Å². The molecule has 1 saturated carbocycles. The molecule has 1 aliphatic carbocycles. The van der Waals surface area contributed by atoms with Crippen LogP contribution in [0.1, 0.15) is 38.5 Å². The van der Waals surface area contributed by atoms with Gasteiger partial charge < -0.3 is 20.1 Å². The van der Waals surface area contributed by atoms with Crippen molar-refractivity contribution in [1.29, 1.82) is 0 Å². The molecule has 0 bridgehead atoms. The Morgan fingerprint density at radius 2 is 2.04 bits per heavy atom. The van der Waals surface area contributed by atoms with Gasteiger partial charge in [0.15, 0.2) is 0 Å². The van der Waals surface area contributed by atoms with Crippen LogP contribution >= 0.6 is 11.6 Å². The molecule has 138 valence electrons. The van der Waals surface area contributed by atoms with Crippen molar-refractivity contribution in [1.82, 2.24) is 5.32 Å². The fourth-order valence-corrected chi connectivity index (χ4v) is 3.97. The molecular weight excluding hydrogens is 340 g/mol. The Morgan fingerprint density at radius 1 is 1.32 bits per heavy atom. The van der Waals surface area contributed by atoms with E-state index in [1.165, 1.54) is 12.8 Å². The van der Waals surface area contributed by atoms with Gasteiger partial charge in [0.05, 0.1) is 23.1 Å². The van der Waals surface area contributed by atoms with Crippen LogP contribution in [0.15, 0.2) is 18.2 Å². The number of anilines is 1. The average Bonchev–Trinajstić information content (AvgIpc) is 3.11. The highest BCUT2D eigenvalue weighted by Crippen LogP contribution is 2.34. The van der Waals surface area contributed by atoms with Crippen LogP contribution in [0.2, 0.25) is 5.02 Å². The highest BCUT2D eigenvalue weighted by atomic mass is 35.5. The maximum absolute atomic E-state index is 12.9. The number of benzene rings is 1. The monoisotopic (exact) mass is 366 g/mol. The Kier molecular flexibility index (Phi) is 6.20. The van der Waals surface area contributed by atoms with Gasteiger partial charge in [-0.25, -0.2) is 0 Å². The van der Waals surface area contributed by atoms with Crippen LogP contribution in [-0.2, 0) is 9.53 Å². The van der Waals surface area contributed by atoms with Gasteiger partial charge in [0.1, 0.15) is 5.75 Å². The molecule has 0 spiro atoms. The molecule has 1 aromatic carbocycles. The number of halogens is 1. The second kappa shape index (κ2) is 8.39. The highest BCUT2D eigenvalue weighted by Gasteiger charge is 2.39. The predicted octanol–water partition coefficient (Wildman–Crippen LogP) is 3.62. The summed E-state index contributed by atoms with van der Waals surface area (Å²) in [5.41, 5.74) is 0.216. The zero-order valence-corrected chi connectivity index (χ0v) is 15.5. The third-order valence-electron chi connectivity index (χ3n) is 5.25. The van der Waals surface area contributed by atoms with Gasteiger partial charge in [-0.3, -0.25) is 4.79 Å². The maximum Gasteiger partial charge on any atom is 0.233 e. The second-order valence-electron chi connectivity index (χ2n) is 7.09. The van der Waals surface area contributed by atoms with E-state index in [9.17, 15) is 4.79 Å². The quantitative estimate of drug-likeness (QED) is 0.807. The van der Waals surface area contributed by atoms with Gasteiger partial charge in [0.25, 0.3) is 0 Å². The van der Waals surface area contributed by atoms with E-state index < -0.39 is 5.41 Å². The maximum atomic E-state index is 12.9. The lowest BCUT2D eigenvalue weighted by Crippen LogP contribution is -2.47. The number of methoxy groups -OCH3 is 1. The summed E-state index contributed by atoms with van der Waals surface area (Å²) in [5.74, 6) is 0.691. The minimum Gasteiger partial charge on any atom is -0.489 e. The van der Waals surface area contributed by atoms with Crippen molar-refractivity contribution in [3.63, 3.8) is 0 Å². The minimum atomic E-state index is -0.481. The minimum absolute atomic E-state index is 0.00335. The molecule has 0 atom stereocenters. The van der Waals surface area contributed by atoms with Crippen molar-refractivity contribution in [3.8, 4) is 5.75 Å². The molecule has 0 aromatic heterocycles. The van der Waals surface area contributed by atoms with Gasteiger partial charge >= 0.3 is 0 Å². The van der Waals surface area contributed by atoms with Crippen molar-refractivity contribution < 1.29 is 14.3 Å². The molecule has 2 aliphatic rings. The van der Waals surface area contributed by atoms with E-state index in [4.69, 9.17) is 21.1 Å². The van der Waals surface area contributed by atoms with E-state index in [1.54, 1.807) is 13.2 Å². The van der Waals surface area contributed by atoms with Crippen LogP contribution in [0.5, 0.6) is 5.75 Å². The molecule has 1 heterocycles. The van der Waals surface area contributed by atoms with Crippen molar-refractivity contribution in [2.75, 3.05) is 32.1 Å². The lowest BCUT2D eigenvalue weighted by molar-refractivity contribution is -0.130. The molecule has 25 heavy (non-hydrogen) atoms. The molecule has 3 rings (SSSR count). The van der Waals surface area contributed by atoms with Crippen LogP contribution in [0.25, 0.3) is 0 Å². The molecular formula is C19H27ClN2O3. The van der Waals surface area contributed by atoms with Crippen molar-refractivity contribution in [2.45, 2.75) is 44.6 Å². The normalized spacial score (nSPS) is 20.4. The first-order valence-corrected chi connectivity index (χ1v) is 9.48. The molecule has 5 nitrogen and oxygen atoms in total. The number of carbonyl (C=O) groups excluding carboxylic acids is 1. The number of amides is 1. The van der Waals surface area contributed by atoms with Gasteiger partial charge in [-0.15, -0.1) is 0 Å². The molecule has 0 radical (unpaired) electrons. The highest BCUT2D eigenvalue weighted by molar-refractivity contribution is 6.32. The summed E-state index contributed by atoms with van der Waals surface area (Å²) in [6.45, 7) is 2.08. The van der Waals surface area contributed by atoms with E-state index in [-0.39, 0.29) is 12.0 Å². The van der Waals surface area contributed by atoms with Gasteiger partial charge in [0, 0.05) is 12.8 Å². The number of hydrogen-bond donors (Lipinski definition) is 2.